The zero-order valence-electron chi connectivity index (χ0n) is 16.0. The molecule has 0 bridgehead atoms. The largest absolute Gasteiger partial charge is 0.269 e. The second-order valence-corrected chi connectivity index (χ2v) is 6.92. The van der Waals surface area contributed by atoms with E-state index in [1.165, 1.54) is 11.1 Å². The minimum absolute atomic E-state index is 0.0856. The summed E-state index contributed by atoms with van der Waals surface area (Å²) in [5.41, 5.74) is 5.77. The molecule has 0 radical (unpaired) electrons. The van der Waals surface area contributed by atoms with Gasteiger partial charge in [0.15, 0.2) is 5.65 Å². The van der Waals surface area contributed by atoms with Crippen LogP contribution in [-0.2, 0) is 6.42 Å². The average Bonchev–Trinajstić information content (AvgIpc) is 3.08. The Morgan fingerprint density at radius 1 is 0.963 bits per heavy atom. The van der Waals surface area contributed by atoms with E-state index in [4.69, 9.17) is 4.98 Å². The third kappa shape index (κ3) is 2.85. The third-order valence-electron chi connectivity index (χ3n) is 4.98. The van der Waals surface area contributed by atoms with Crippen LogP contribution in [0.15, 0.2) is 53.5 Å². The van der Waals surface area contributed by atoms with Crippen LogP contribution in [-0.4, -0.2) is 19.3 Å². The molecule has 0 saturated heterocycles. The highest BCUT2D eigenvalue weighted by molar-refractivity contribution is 5.76. The molecule has 0 aliphatic heterocycles. The number of hydrogen-bond acceptors (Lipinski definition) is 3. The van der Waals surface area contributed by atoms with Gasteiger partial charge in [0.2, 0.25) is 0 Å². The van der Waals surface area contributed by atoms with Gasteiger partial charge >= 0.3 is 0 Å². The second-order valence-electron chi connectivity index (χ2n) is 6.92. The van der Waals surface area contributed by atoms with Crippen LogP contribution in [0.5, 0.6) is 0 Å². The molecule has 4 aromatic rings. The highest BCUT2D eigenvalue weighted by Crippen LogP contribution is 2.19. The SMILES string of the molecule is CCc1nc2c(cnn2-c2ccc(C)c(C)c2)c(=O)n1-c1cccc(C)c1. The molecule has 2 heterocycles. The predicted molar refractivity (Wildman–Crippen MR) is 108 cm³/mol. The van der Waals surface area contributed by atoms with E-state index in [0.29, 0.717) is 17.5 Å². The summed E-state index contributed by atoms with van der Waals surface area (Å²) in [4.78, 5) is 18.1. The number of rotatable bonds is 3. The normalized spacial score (nSPS) is 11.3. The van der Waals surface area contributed by atoms with Gasteiger partial charge in [-0.25, -0.2) is 9.67 Å². The van der Waals surface area contributed by atoms with E-state index in [9.17, 15) is 4.79 Å². The van der Waals surface area contributed by atoms with Crippen molar-refractivity contribution in [2.24, 2.45) is 0 Å². The highest BCUT2D eigenvalue weighted by Gasteiger charge is 2.16. The monoisotopic (exact) mass is 358 g/mol. The summed E-state index contributed by atoms with van der Waals surface area (Å²) in [6.45, 7) is 8.18. The molecule has 0 N–H and O–H groups in total. The number of hydrogen-bond donors (Lipinski definition) is 0. The van der Waals surface area contributed by atoms with E-state index >= 15 is 0 Å². The highest BCUT2D eigenvalue weighted by atomic mass is 16.1. The Balaban J connectivity index is 1.99. The number of nitrogens with zero attached hydrogens (tertiary/aromatic N) is 4. The van der Waals surface area contributed by atoms with Crippen LogP contribution in [0.2, 0.25) is 0 Å². The lowest BCUT2D eigenvalue weighted by atomic mass is 10.1. The zero-order chi connectivity index (χ0) is 19.1. The Bertz CT molecular complexity index is 1220. The lowest BCUT2D eigenvalue weighted by Crippen LogP contribution is -2.23. The summed E-state index contributed by atoms with van der Waals surface area (Å²) in [7, 11) is 0. The van der Waals surface area contributed by atoms with Crippen molar-refractivity contribution in [1.29, 1.82) is 0 Å². The standard InChI is InChI=1S/C22H22N4O/c1-5-20-24-21-19(22(27)25(20)17-8-6-7-14(2)11-17)13-23-26(21)18-10-9-15(3)16(4)12-18/h6-13H,5H2,1-4H3. The molecular formula is C22H22N4O. The quantitative estimate of drug-likeness (QED) is 0.555. The van der Waals surface area contributed by atoms with Gasteiger partial charge in [-0.05, 0) is 61.7 Å². The first kappa shape index (κ1) is 17.2. The Morgan fingerprint density at radius 3 is 2.48 bits per heavy atom. The van der Waals surface area contributed by atoms with Crippen molar-refractivity contribution in [3.63, 3.8) is 0 Å². The minimum atomic E-state index is -0.0856. The van der Waals surface area contributed by atoms with Gasteiger partial charge in [-0.1, -0.05) is 25.1 Å². The van der Waals surface area contributed by atoms with E-state index in [2.05, 4.69) is 31.1 Å². The molecule has 0 aliphatic rings. The minimum Gasteiger partial charge on any atom is -0.268 e. The Morgan fingerprint density at radius 2 is 1.78 bits per heavy atom. The fourth-order valence-corrected chi connectivity index (χ4v) is 3.33. The maximum atomic E-state index is 13.3. The smallest absolute Gasteiger partial charge is 0.268 e. The summed E-state index contributed by atoms with van der Waals surface area (Å²) in [5.74, 6) is 0.726. The molecule has 5 nitrogen and oxygen atoms in total. The van der Waals surface area contributed by atoms with Crippen LogP contribution in [0.3, 0.4) is 0 Å². The van der Waals surface area contributed by atoms with Crippen LogP contribution >= 0.6 is 0 Å². The lowest BCUT2D eigenvalue weighted by molar-refractivity contribution is 0.816. The number of aromatic nitrogens is 4. The lowest BCUT2D eigenvalue weighted by Gasteiger charge is -2.13. The first-order valence-electron chi connectivity index (χ1n) is 9.14. The fourth-order valence-electron chi connectivity index (χ4n) is 3.33. The molecule has 0 spiro atoms. The first-order valence-corrected chi connectivity index (χ1v) is 9.14. The van der Waals surface area contributed by atoms with Gasteiger partial charge in [-0.3, -0.25) is 9.36 Å². The van der Waals surface area contributed by atoms with E-state index in [1.54, 1.807) is 15.4 Å². The van der Waals surface area contributed by atoms with Crippen molar-refractivity contribution >= 4 is 11.0 Å². The van der Waals surface area contributed by atoms with Gasteiger partial charge in [0.05, 0.1) is 17.6 Å². The molecule has 0 aliphatic carbocycles. The van der Waals surface area contributed by atoms with Gasteiger partial charge in [-0.2, -0.15) is 5.10 Å². The van der Waals surface area contributed by atoms with Gasteiger partial charge in [0.1, 0.15) is 11.2 Å². The molecule has 0 unspecified atom stereocenters. The van der Waals surface area contributed by atoms with E-state index < -0.39 is 0 Å². The Labute approximate surface area is 157 Å². The molecule has 0 atom stereocenters. The van der Waals surface area contributed by atoms with Crippen LogP contribution in [0, 0.1) is 20.8 Å². The maximum absolute atomic E-state index is 13.3. The molecule has 27 heavy (non-hydrogen) atoms. The summed E-state index contributed by atoms with van der Waals surface area (Å²) in [6, 6.07) is 14.1. The van der Waals surface area contributed by atoms with Gasteiger partial charge in [-0.15, -0.1) is 0 Å². The summed E-state index contributed by atoms with van der Waals surface area (Å²) in [5, 5.41) is 4.99. The molecule has 2 aromatic carbocycles. The Hall–Kier alpha value is -3.21. The maximum Gasteiger partial charge on any atom is 0.269 e. The van der Waals surface area contributed by atoms with Gasteiger partial charge < -0.3 is 0 Å². The van der Waals surface area contributed by atoms with Crippen molar-refractivity contribution < 1.29 is 0 Å². The molecule has 0 amide bonds. The average molecular weight is 358 g/mol. The van der Waals surface area contributed by atoms with Crippen LogP contribution in [0.25, 0.3) is 22.4 Å². The van der Waals surface area contributed by atoms with Crippen molar-refractivity contribution in [1.82, 2.24) is 19.3 Å². The molecule has 5 heteroatoms. The molecule has 0 saturated carbocycles. The molecule has 2 aromatic heterocycles. The van der Waals surface area contributed by atoms with Crippen molar-refractivity contribution in [2.75, 3.05) is 0 Å². The third-order valence-corrected chi connectivity index (χ3v) is 4.98. The Kier molecular flexibility index (Phi) is 4.15. The molecule has 136 valence electrons. The number of aryl methyl sites for hydroxylation is 4. The predicted octanol–water partition coefficient (Wildman–Crippen LogP) is 4.06. The van der Waals surface area contributed by atoms with E-state index in [-0.39, 0.29) is 5.56 Å². The van der Waals surface area contributed by atoms with Crippen molar-refractivity contribution in [3.8, 4) is 11.4 Å². The summed E-state index contributed by atoms with van der Waals surface area (Å²) >= 11 is 0. The fraction of sp³-hybridized carbons (Fsp3) is 0.227. The topological polar surface area (TPSA) is 52.7 Å². The van der Waals surface area contributed by atoms with Gasteiger partial charge in [0.25, 0.3) is 5.56 Å². The molecule has 4 rings (SSSR count). The summed E-state index contributed by atoms with van der Waals surface area (Å²) < 4.78 is 3.45. The van der Waals surface area contributed by atoms with E-state index in [1.807, 2.05) is 44.2 Å². The van der Waals surface area contributed by atoms with Crippen LogP contribution in [0.4, 0.5) is 0 Å². The summed E-state index contributed by atoms with van der Waals surface area (Å²) in [6.07, 6.45) is 2.27. The van der Waals surface area contributed by atoms with Crippen LogP contribution < -0.4 is 5.56 Å². The second kappa shape index (κ2) is 6.50. The first-order chi connectivity index (χ1) is 13.0. The van der Waals surface area contributed by atoms with Gasteiger partial charge in [0, 0.05) is 6.42 Å². The molecular weight excluding hydrogens is 336 g/mol. The number of fused-ring (bicyclic) bond motifs is 1. The molecule has 0 fully saturated rings. The van der Waals surface area contributed by atoms with Crippen molar-refractivity contribution in [2.45, 2.75) is 34.1 Å². The van der Waals surface area contributed by atoms with Crippen molar-refractivity contribution in [3.05, 3.63) is 81.5 Å². The zero-order valence-corrected chi connectivity index (χ0v) is 16.0. The van der Waals surface area contributed by atoms with E-state index in [0.717, 1.165) is 22.8 Å². The number of benzene rings is 2. The van der Waals surface area contributed by atoms with Crippen LogP contribution in [0.1, 0.15) is 29.4 Å².